The first-order valence-electron chi connectivity index (χ1n) is 8.96. The molecule has 1 amide bonds. The minimum absolute atomic E-state index is 0.0111. The zero-order valence-corrected chi connectivity index (χ0v) is 15.2. The van der Waals surface area contributed by atoms with Crippen LogP contribution in [0.25, 0.3) is 11.2 Å². The van der Waals surface area contributed by atoms with Crippen LogP contribution in [0.15, 0.2) is 47.4 Å². The van der Waals surface area contributed by atoms with E-state index in [0.29, 0.717) is 31.7 Å². The van der Waals surface area contributed by atoms with Crippen molar-refractivity contribution in [2.75, 3.05) is 6.54 Å². The van der Waals surface area contributed by atoms with Crippen LogP contribution in [0.3, 0.4) is 0 Å². The van der Waals surface area contributed by atoms with Gasteiger partial charge in [-0.2, -0.15) is 0 Å². The first-order chi connectivity index (χ1) is 12.6. The third-order valence-corrected chi connectivity index (χ3v) is 4.33. The van der Waals surface area contributed by atoms with Crippen LogP contribution in [0.1, 0.15) is 30.9 Å². The normalized spacial score (nSPS) is 11.0. The summed E-state index contributed by atoms with van der Waals surface area (Å²) >= 11 is 0. The molecule has 1 aromatic carbocycles. The topological polar surface area (TPSA) is 68.9 Å². The number of fused-ring (bicyclic) bond motifs is 1. The van der Waals surface area contributed by atoms with Gasteiger partial charge in [-0.25, -0.2) is 9.78 Å². The number of carbonyl (C=O) groups is 1. The van der Waals surface area contributed by atoms with Gasteiger partial charge in [-0.05, 0) is 31.0 Å². The lowest BCUT2D eigenvalue weighted by atomic mass is 10.1. The summed E-state index contributed by atoms with van der Waals surface area (Å²) < 4.78 is 3.38. The molecule has 0 fully saturated rings. The Morgan fingerprint density at radius 1 is 1.19 bits per heavy atom. The lowest BCUT2D eigenvalue weighted by Gasteiger charge is -2.05. The molecular formula is C20H24N4O2. The monoisotopic (exact) mass is 352 g/mol. The molecule has 0 radical (unpaired) electrons. The van der Waals surface area contributed by atoms with Crippen LogP contribution in [0.2, 0.25) is 0 Å². The number of imidazole rings is 1. The Morgan fingerprint density at radius 2 is 2.04 bits per heavy atom. The smallest absolute Gasteiger partial charge is 0.330 e. The van der Waals surface area contributed by atoms with Crippen LogP contribution >= 0.6 is 0 Å². The number of aryl methyl sites for hydroxylation is 1. The number of nitrogens with one attached hydrogen (secondary N) is 1. The second kappa shape index (κ2) is 7.99. The SMILES string of the molecule is CCCC(=O)NCCn1c(=O)n(Cc2cccc(C)c2)c2cccnc21. The van der Waals surface area contributed by atoms with E-state index in [-0.39, 0.29) is 11.6 Å². The minimum Gasteiger partial charge on any atom is -0.354 e. The van der Waals surface area contributed by atoms with E-state index in [0.717, 1.165) is 23.1 Å². The van der Waals surface area contributed by atoms with Crippen molar-refractivity contribution in [1.29, 1.82) is 0 Å². The molecule has 0 bridgehead atoms. The summed E-state index contributed by atoms with van der Waals surface area (Å²) in [5.41, 5.74) is 3.58. The zero-order valence-electron chi connectivity index (χ0n) is 15.2. The van der Waals surface area contributed by atoms with Crippen LogP contribution in [-0.4, -0.2) is 26.6 Å². The molecule has 6 heteroatoms. The molecule has 3 rings (SSSR count). The number of amides is 1. The van der Waals surface area contributed by atoms with Gasteiger partial charge in [0.15, 0.2) is 5.65 Å². The van der Waals surface area contributed by atoms with E-state index in [2.05, 4.69) is 16.4 Å². The molecule has 26 heavy (non-hydrogen) atoms. The lowest BCUT2D eigenvalue weighted by molar-refractivity contribution is -0.121. The maximum atomic E-state index is 13.0. The zero-order chi connectivity index (χ0) is 18.5. The molecule has 0 unspecified atom stereocenters. The molecule has 0 saturated heterocycles. The van der Waals surface area contributed by atoms with Crippen LogP contribution in [0.5, 0.6) is 0 Å². The Bertz CT molecular complexity index is 971. The van der Waals surface area contributed by atoms with Gasteiger partial charge in [0, 0.05) is 25.7 Å². The fraction of sp³-hybridized carbons (Fsp3) is 0.350. The fourth-order valence-corrected chi connectivity index (χ4v) is 3.12. The summed E-state index contributed by atoms with van der Waals surface area (Å²) in [6.07, 6.45) is 3.00. The molecule has 0 saturated carbocycles. The van der Waals surface area contributed by atoms with Crippen molar-refractivity contribution >= 4 is 17.1 Å². The Kier molecular flexibility index (Phi) is 5.51. The highest BCUT2D eigenvalue weighted by Gasteiger charge is 2.14. The Balaban J connectivity index is 1.89. The van der Waals surface area contributed by atoms with Gasteiger partial charge < -0.3 is 5.32 Å². The number of aromatic nitrogens is 3. The van der Waals surface area contributed by atoms with Gasteiger partial charge in [0.1, 0.15) is 0 Å². The summed E-state index contributed by atoms with van der Waals surface area (Å²) in [4.78, 5) is 29.0. The average Bonchev–Trinajstić information content (AvgIpc) is 2.88. The minimum atomic E-state index is -0.107. The van der Waals surface area contributed by atoms with E-state index >= 15 is 0 Å². The van der Waals surface area contributed by atoms with Crippen molar-refractivity contribution in [2.45, 2.75) is 39.8 Å². The molecular weight excluding hydrogens is 328 g/mol. The summed E-state index contributed by atoms with van der Waals surface area (Å²) in [6.45, 7) is 5.32. The summed E-state index contributed by atoms with van der Waals surface area (Å²) in [6, 6.07) is 11.9. The van der Waals surface area contributed by atoms with Gasteiger partial charge in [-0.3, -0.25) is 13.9 Å². The number of nitrogens with zero attached hydrogens (tertiary/aromatic N) is 3. The number of pyridine rings is 1. The Morgan fingerprint density at radius 3 is 2.81 bits per heavy atom. The first kappa shape index (κ1) is 17.9. The maximum absolute atomic E-state index is 13.0. The Hall–Kier alpha value is -2.89. The van der Waals surface area contributed by atoms with Crippen molar-refractivity contribution in [2.24, 2.45) is 0 Å². The summed E-state index contributed by atoms with van der Waals surface area (Å²) in [7, 11) is 0. The van der Waals surface area contributed by atoms with Crippen LogP contribution < -0.4 is 11.0 Å². The van der Waals surface area contributed by atoms with Crippen LogP contribution in [-0.2, 0) is 17.9 Å². The van der Waals surface area contributed by atoms with E-state index in [1.807, 2.05) is 44.2 Å². The van der Waals surface area contributed by atoms with E-state index < -0.39 is 0 Å². The van der Waals surface area contributed by atoms with Crippen molar-refractivity contribution in [3.05, 3.63) is 64.2 Å². The van der Waals surface area contributed by atoms with E-state index in [1.165, 1.54) is 0 Å². The summed E-state index contributed by atoms with van der Waals surface area (Å²) in [5.74, 6) is 0.0111. The third-order valence-electron chi connectivity index (χ3n) is 4.33. The third kappa shape index (κ3) is 3.85. The van der Waals surface area contributed by atoms with Gasteiger partial charge in [-0.1, -0.05) is 36.8 Å². The predicted octanol–water partition coefficient (Wildman–Crippen LogP) is 2.47. The highest BCUT2D eigenvalue weighted by atomic mass is 16.2. The first-order valence-corrected chi connectivity index (χ1v) is 8.96. The van der Waals surface area contributed by atoms with E-state index in [9.17, 15) is 9.59 Å². The number of hydrogen-bond acceptors (Lipinski definition) is 3. The molecule has 0 spiro atoms. The molecule has 2 aromatic heterocycles. The quantitative estimate of drug-likeness (QED) is 0.710. The second-order valence-electron chi connectivity index (χ2n) is 6.46. The van der Waals surface area contributed by atoms with Crippen molar-refractivity contribution in [3.63, 3.8) is 0 Å². The largest absolute Gasteiger partial charge is 0.354 e. The highest BCUT2D eigenvalue weighted by molar-refractivity contribution is 5.75. The van der Waals surface area contributed by atoms with Gasteiger partial charge in [0.25, 0.3) is 0 Å². The molecule has 3 aromatic rings. The maximum Gasteiger partial charge on any atom is 0.330 e. The molecule has 1 N–H and O–H groups in total. The molecule has 0 aliphatic rings. The van der Waals surface area contributed by atoms with Crippen molar-refractivity contribution < 1.29 is 4.79 Å². The van der Waals surface area contributed by atoms with Crippen molar-refractivity contribution in [3.8, 4) is 0 Å². The molecule has 2 heterocycles. The highest BCUT2D eigenvalue weighted by Crippen LogP contribution is 2.13. The molecule has 136 valence electrons. The van der Waals surface area contributed by atoms with Crippen molar-refractivity contribution in [1.82, 2.24) is 19.4 Å². The van der Waals surface area contributed by atoms with E-state index in [1.54, 1.807) is 15.3 Å². The average molecular weight is 352 g/mol. The molecule has 0 aliphatic heterocycles. The van der Waals surface area contributed by atoms with E-state index in [4.69, 9.17) is 0 Å². The molecule has 6 nitrogen and oxygen atoms in total. The van der Waals surface area contributed by atoms with Gasteiger partial charge >= 0.3 is 5.69 Å². The molecule has 0 atom stereocenters. The van der Waals surface area contributed by atoms with Gasteiger partial charge in [0.2, 0.25) is 5.91 Å². The van der Waals surface area contributed by atoms with Gasteiger partial charge in [-0.15, -0.1) is 0 Å². The van der Waals surface area contributed by atoms with Gasteiger partial charge in [0.05, 0.1) is 12.1 Å². The number of carbonyl (C=O) groups excluding carboxylic acids is 1. The fourth-order valence-electron chi connectivity index (χ4n) is 3.12. The predicted molar refractivity (Wildman–Crippen MR) is 102 cm³/mol. The van der Waals surface area contributed by atoms with Crippen LogP contribution in [0.4, 0.5) is 0 Å². The number of rotatable bonds is 7. The number of benzene rings is 1. The van der Waals surface area contributed by atoms with Crippen LogP contribution in [0, 0.1) is 6.92 Å². The molecule has 0 aliphatic carbocycles. The standard InChI is InChI=1S/C20H24N4O2/c1-3-6-18(25)21-11-12-23-19-17(9-5-10-22-19)24(20(23)26)14-16-8-4-7-15(2)13-16/h4-5,7-10,13H,3,6,11-12,14H2,1-2H3,(H,21,25). The lowest BCUT2D eigenvalue weighted by Crippen LogP contribution is -2.31. The Labute approximate surface area is 152 Å². The second-order valence-corrected chi connectivity index (χ2v) is 6.46. The summed E-state index contributed by atoms with van der Waals surface area (Å²) in [5, 5.41) is 2.85. The number of hydrogen-bond donors (Lipinski definition) is 1.